The summed E-state index contributed by atoms with van der Waals surface area (Å²) in [4.78, 5) is 0.155. The molecule has 0 amide bonds. The van der Waals surface area contributed by atoms with Gasteiger partial charge in [0.2, 0.25) is 10.0 Å². The van der Waals surface area contributed by atoms with Gasteiger partial charge in [0.15, 0.2) is 0 Å². The fraction of sp³-hybridized carbons (Fsp3) is 0.538. The average molecular weight is 331 g/mol. The van der Waals surface area contributed by atoms with Gasteiger partial charge in [-0.05, 0) is 31.0 Å². The van der Waals surface area contributed by atoms with Crippen LogP contribution in [0.15, 0.2) is 23.1 Å². The predicted molar refractivity (Wildman–Crippen MR) is 84.2 cm³/mol. The average Bonchev–Trinajstić information content (AvgIpc) is 2.41. The molecule has 1 saturated heterocycles. The first kappa shape index (κ1) is 16.3. The lowest BCUT2D eigenvalue weighted by atomic mass is 10.1. The van der Waals surface area contributed by atoms with E-state index < -0.39 is 25.0 Å². The van der Waals surface area contributed by atoms with Crippen LogP contribution in [0.3, 0.4) is 0 Å². The lowest BCUT2D eigenvalue weighted by molar-refractivity contribution is 0.415. The van der Waals surface area contributed by atoms with Crippen molar-refractivity contribution >= 4 is 25.4 Å². The molecule has 6 nitrogen and oxygen atoms in total. The molecule has 1 heterocycles. The molecule has 2 atom stereocenters. The molecule has 118 valence electrons. The highest BCUT2D eigenvalue weighted by atomic mass is 32.2. The second kappa shape index (κ2) is 5.58. The molecule has 1 aromatic rings. The molecule has 1 aromatic carbocycles. The highest BCUT2D eigenvalue weighted by molar-refractivity contribution is 7.93. The number of anilines is 1. The van der Waals surface area contributed by atoms with Crippen LogP contribution in [0.4, 0.5) is 5.69 Å². The van der Waals surface area contributed by atoms with Crippen molar-refractivity contribution < 1.29 is 12.6 Å². The second-order valence-corrected chi connectivity index (χ2v) is 9.92. The molecule has 0 aliphatic carbocycles. The van der Waals surface area contributed by atoms with E-state index in [4.69, 9.17) is 10.5 Å². The number of sulfonamides is 1. The van der Waals surface area contributed by atoms with Crippen molar-refractivity contribution in [3.63, 3.8) is 0 Å². The van der Waals surface area contributed by atoms with Crippen molar-refractivity contribution in [1.82, 2.24) is 4.31 Å². The van der Waals surface area contributed by atoms with Crippen LogP contribution in [0.5, 0.6) is 0 Å². The summed E-state index contributed by atoms with van der Waals surface area (Å²) < 4.78 is 46.1. The molecule has 8 heteroatoms. The molecule has 2 unspecified atom stereocenters. The molecule has 21 heavy (non-hydrogen) atoms. The number of aryl methyl sites for hydroxylation is 1. The molecule has 0 spiro atoms. The minimum Gasteiger partial charge on any atom is -0.398 e. The van der Waals surface area contributed by atoms with Crippen molar-refractivity contribution in [2.24, 2.45) is 0 Å². The Morgan fingerprint density at radius 3 is 2.67 bits per heavy atom. The van der Waals surface area contributed by atoms with E-state index in [1.165, 1.54) is 10.4 Å². The molecule has 0 saturated carbocycles. The highest BCUT2D eigenvalue weighted by Gasteiger charge is 2.34. The van der Waals surface area contributed by atoms with E-state index in [9.17, 15) is 12.6 Å². The second-order valence-electron chi connectivity index (χ2n) is 5.32. The molecule has 1 fully saturated rings. The van der Waals surface area contributed by atoms with Gasteiger partial charge in [0.25, 0.3) is 0 Å². The zero-order valence-corrected chi connectivity index (χ0v) is 13.8. The standard InChI is InChI=1S/C13H21N3O3S2/c1-3-11-4-5-12(8-13(11)14)21(18,19)16-6-7-20(15,17)10(2)9-16/h4-5,8,10,15H,3,6-7,9,14H2,1-2H3. The molecule has 2 rings (SSSR count). The van der Waals surface area contributed by atoms with Gasteiger partial charge in [-0.25, -0.2) is 12.6 Å². The Bertz CT molecular complexity index is 742. The third kappa shape index (κ3) is 3.07. The van der Waals surface area contributed by atoms with E-state index in [2.05, 4.69) is 0 Å². The highest BCUT2D eigenvalue weighted by Crippen LogP contribution is 2.24. The van der Waals surface area contributed by atoms with Gasteiger partial charge in [0, 0.05) is 34.3 Å². The van der Waals surface area contributed by atoms with Crippen molar-refractivity contribution in [2.75, 3.05) is 24.6 Å². The smallest absolute Gasteiger partial charge is 0.243 e. The summed E-state index contributed by atoms with van der Waals surface area (Å²) in [6.45, 7) is 3.84. The van der Waals surface area contributed by atoms with Gasteiger partial charge in [-0.15, -0.1) is 0 Å². The van der Waals surface area contributed by atoms with Crippen molar-refractivity contribution in [1.29, 1.82) is 4.78 Å². The number of nitrogen functional groups attached to an aromatic ring is 1. The van der Waals surface area contributed by atoms with Crippen molar-refractivity contribution in [3.8, 4) is 0 Å². The number of hydrogen-bond acceptors (Lipinski definition) is 5. The Labute approximate surface area is 126 Å². The van der Waals surface area contributed by atoms with Crippen LogP contribution < -0.4 is 5.73 Å². The summed E-state index contributed by atoms with van der Waals surface area (Å²) in [7, 11) is -6.33. The summed E-state index contributed by atoms with van der Waals surface area (Å²) >= 11 is 0. The van der Waals surface area contributed by atoms with Crippen LogP contribution in [0.25, 0.3) is 0 Å². The van der Waals surface area contributed by atoms with E-state index >= 15 is 0 Å². The van der Waals surface area contributed by atoms with Crippen LogP contribution in [0.2, 0.25) is 0 Å². The van der Waals surface area contributed by atoms with Crippen LogP contribution in [0.1, 0.15) is 19.4 Å². The molecule has 0 bridgehead atoms. The molecule has 0 radical (unpaired) electrons. The lowest BCUT2D eigenvalue weighted by Crippen LogP contribution is -2.47. The van der Waals surface area contributed by atoms with Gasteiger partial charge in [0.1, 0.15) is 0 Å². The molecular formula is C13H21N3O3S2. The van der Waals surface area contributed by atoms with Crippen molar-refractivity contribution in [3.05, 3.63) is 23.8 Å². The fourth-order valence-corrected chi connectivity index (χ4v) is 5.45. The van der Waals surface area contributed by atoms with Gasteiger partial charge in [-0.2, -0.15) is 4.31 Å². The third-order valence-electron chi connectivity index (χ3n) is 3.89. The minimum atomic E-state index is -3.65. The first-order valence-electron chi connectivity index (χ1n) is 6.82. The molecular weight excluding hydrogens is 310 g/mol. The summed E-state index contributed by atoms with van der Waals surface area (Å²) in [5.41, 5.74) is 7.25. The van der Waals surface area contributed by atoms with E-state index in [-0.39, 0.29) is 23.7 Å². The third-order valence-corrected chi connectivity index (χ3v) is 7.99. The first-order chi connectivity index (χ1) is 9.68. The predicted octanol–water partition coefficient (Wildman–Crippen LogP) is 1.27. The molecule has 3 N–H and O–H groups in total. The quantitative estimate of drug-likeness (QED) is 0.814. The maximum absolute atomic E-state index is 12.6. The lowest BCUT2D eigenvalue weighted by Gasteiger charge is -2.31. The summed E-state index contributed by atoms with van der Waals surface area (Å²) in [6.07, 6.45) is 0.744. The Balaban J connectivity index is 2.33. The zero-order valence-electron chi connectivity index (χ0n) is 12.2. The SMILES string of the molecule is CCc1ccc(S(=O)(=O)N2CCS(=N)(=O)C(C)C2)cc1N. The van der Waals surface area contributed by atoms with Crippen molar-refractivity contribution in [2.45, 2.75) is 30.4 Å². The summed E-state index contributed by atoms with van der Waals surface area (Å²) in [6, 6.07) is 4.76. The molecule has 1 aliphatic rings. The van der Waals surface area contributed by atoms with Gasteiger partial charge < -0.3 is 5.73 Å². The maximum Gasteiger partial charge on any atom is 0.243 e. The van der Waals surface area contributed by atoms with E-state index in [1.54, 1.807) is 19.1 Å². The first-order valence-corrected chi connectivity index (χ1v) is 10.1. The fourth-order valence-electron chi connectivity index (χ4n) is 2.36. The Morgan fingerprint density at radius 2 is 2.14 bits per heavy atom. The Hall–Kier alpha value is -1.12. The number of nitrogens with zero attached hydrogens (tertiary/aromatic N) is 1. The summed E-state index contributed by atoms with van der Waals surface area (Å²) in [5, 5.41) is -0.465. The maximum atomic E-state index is 12.6. The van der Waals surface area contributed by atoms with E-state index in [0.717, 1.165) is 12.0 Å². The molecule has 1 aliphatic heterocycles. The van der Waals surface area contributed by atoms with Crippen LogP contribution in [-0.2, 0) is 26.2 Å². The summed E-state index contributed by atoms with van der Waals surface area (Å²) in [5.74, 6) is 0.0793. The monoisotopic (exact) mass is 331 g/mol. The number of nitrogens with two attached hydrogens (primary N) is 1. The number of hydrogen-bond donors (Lipinski definition) is 2. The van der Waals surface area contributed by atoms with Gasteiger partial charge in [-0.1, -0.05) is 13.0 Å². The Morgan fingerprint density at radius 1 is 1.48 bits per heavy atom. The largest absolute Gasteiger partial charge is 0.398 e. The van der Waals surface area contributed by atoms with Crippen LogP contribution in [-0.4, -0.2) is 41.0 Å². The van der Waals surface area contributed by atoms with E-state index in [1.807, 2.05) is 6.92 Å². The molecule has 0 aromatic heterocycles. The number of benzene rings is 1. The van der Waals surface area contributed by atoms with Gasteiger partial charge >= 0.3 is 0 Å². The van der Waals surface area contributed by atoms with Crippen LogP contribution >= 0.6 is 0 Å². The topological polar surface area (TPSA) is 104 Å². The number of rotatable bonds is 3. The minimum absolute atomic E-state index is 0.0793. The van der Waals surface area contributed by atoms with E-state index in [0.29, 0.717) is 5.69 Å². The zero-order chi connectivity index (χ0) is 15.8. The van der Waals surface area contributed by atoms with Gasteiger partial charge in [-0.3, -0.25) is 4.78 Å². The van der Waals surface area contributed by atoms with Gasteiger partial charge in [0.05, 0.1) is 10.1 Å². The van der Waals surface area contributed by atoms with Crippen LogP contribution in [0, 0.1) is 4.78 Å². The normalized spacial score (nSPS) is 27.6. The Kier molecular flexibility index (Phi) is 4.32. The number of nitrogens with one attached hydrogen (secondary N) is 1.